The largest absolute Gasteiger partial charge is 0.345 e. The molecule has 0 saturated heterocycles. The molecule has 0 radical (unpaired) electrons. The Morgan fingerprint density at radius 2 is 1.79 bits per heavy atom. The molecule has 0 spiro atoms. The number of hydrogen-bond donors (Lipinski definition) is 2. The van der Waals surface area contributed by atoms with Gasteiger partial charge in [-0.05, 0) is 42.5 Å². The lowest BCUT2D eigenvalue weighted by Gasteiger charge is -2.13. The van der Waals surface area contributed by atoms with Gasteiger partial charge in [-0.15, -0.1) is 0 Å². The van der Waals surface area contributed by atoms with Gasteiger partial charge < -0.3 is 10.2 Å². The van der Waals surface area contributed by atoms with Crippen LogP contribution in [0, 0.1) is 5.82 Å². The van der Waals surface area contributed by atoms with Crippen molar-refractivity contribution in [1.29, 1.82) is 0 Å². The first-order valence-corrected chi connectivity index (χ1v) is 7.48. The third-order valence-corrected chi connectivity index (χ3v) is 3.32. The van der Waals surface area contributed by atoms with Gasteiger partial charge in [0.2, 0.25) is 0 Å². The molecule has 124 valence electrons. The van der Waals surface area contributed by atoms with Crippen LogP contribution in [-0.2, 0) is 0 Å². The van der Waals surface area contributed by atoms with E-state index in [1.54, 1.807) is 44.4 Å². The van der Waals surface area contributed by atoms with Crippen LogP contribution in [0.3, 0.4) is 0 Å². The van der Waals surface area contributed by atoms with Gasteiger partial charge >= 0.3 is 0 Å². The fraction of sp³-hybridized carbons (Fsp3) is 0.118. The highest BCUT2D eigenvalue weighted by Crippen LogP contribution is 2.12. The second-order valence-corrected chi connectivity index (χ2v) is 5.58. The molecule has 24 heavy (non-hydrogen) atoms. The van der Waals surface area contributed by atoms with Crippen molar-refractivity contribution in [3.05, 3.63) is 65.5 Å². The Hall–Kier alpha value is -2.80. The lowest BCUT2D eigenvalue weighted by Crippen LogP contribution is -2.34. The molecule has 0 unspecified atom stereocenters. The minimum atomic E-state index is -0.647. The normalized spacial score (nSPS) is 9.96. The number of rotatable bonds is 3. The minimum absolute atomic E-state index is 0.0118. The Balaban J connectivity index is 2.05. The average Bonchev–Trinajstić information content (AvgIpc) is 2.54. The van der Waals surface area contributed by atoms with Crippen LogP contribution >= 0.6 is 12.2 Å². The smallest absolute Gasteiger partial charge is 0.260 e. The van der Waals surface area contributed by atoms with Crippen molar-refractivity contribution < 1.29 is 14.0 Å². The van der Waals surface area contributed by atoms with E-state index in [0.717, 1.165) is 0 Å². The minimum Gasteiger partial charge on any atom is -0.345 e. The van der Waals surface area contributed by atoms with Gasteiger partial charge in [-0.1, -0.05) is 18.2 Å². The Labute approximate surface area is 144 Å². The molecule has 0 aromatic heterocycles. The van der Waals surface area contributed by atoms with E-state index in [2.05, 4.69) is 10.6 Å². The van der Waals surface area contributed by atoms with Crippen LogP contribution in [0.15, 0.2) is 48.5 Å². The van der Waals surface area contributed by atoms with Crippen molar-refractivity contribution in [2.45, 2.75) is 0 Å². The van der Waals surface area contributed by atoms with Gasteiger partial charge in [0.1, 0.15) is 5.82 Å². The van der Waals surface area contributed by atoms with Crippen LogP contribution in [-0.4, -0.2) is 35.9 Å². The number of amides is 2. The Bertz CT molecular complexity index is 793. The molecule has 0 saturated carbocycles. The Morgan fingerprint density at radius 1 is 1.08 bits per heavy atom. The molecule has 0 aliphatic carbocycles. The zero-order valence-electron chi connectivity index (χ0n) is 13.2. The third kappa shape index (κ3) is 4.36. The predicted molar refractivity (Wildman–Crippen MR) is 94.5 cm³/mol. The van der Waals surface area contributed by atoms with E-state index < -0.39 is 11.7 Å². The fourth-order valence-electron chi connectivity index (χ4n) is 1.97. The van der Waals surface area contributed by atoms with Crippen LogP contribution in [0.4, 0.5) is 10.1 Å². The van der Waals surface area contributed by atoms with Gasteiger partial charge in [0.25, 0.3) is 11.8 Å². The number of carbonyl (C=O) groups is 2. The predicted octanol–water partition coefficient (Wildman–Crippen LogP) is 2.65. The first-order valence-electron chi connectivity index (χ1n) is 7.07. The molecule has 2 aromatic carbocycles. The van der Waals surface area contributed by atoms with Crippen molar-refractivity contribution in [2.75, 3.05) is 19.4 Å². The van der Waals surface area contributed by atoms with Crippen molar-refractivity contribution in [3.63, 3.8) is 0 Å². The second kappa shape index (κ2) is 7.65. The van der Waals surface area contributed by atoms with Crippen LogP contribution in [0.5, 0.6) is 0 Å². The molecule has 0 aliphatic rings. The summed E-state index contributed by atoms with van der Waals surface area (Å²) in [4.78, 5) is 25.4. The van der Waals surface area contributed by atoms with E-state index in [1.165, 1.54) is 23.1 Å². The monoisotopic (exact) mass is 345 g/mol. The lowest BCUT2D eigenvalue weighted by atomic mass is 10.2. The van der Waals surface area contributed by atoms with E-state index in [4.69, 9.17) is 12.2 Å². The van der Waals surface area contributed by atoms with Crippen molar-refractivity contribution in [3.8, 4) is 0 Å². The highest BCUT2D eigenvalue weighted by molar-refractivity contribution is 7.80. The van der Waals surface area contributed by atoms with Crippen LogP contribution in [0.1, 0.15) is 20.7 Å². The zero-order valence-corrected chi connectivity index (χ0v) is 14.0. The summed E-state index contributed by atoms with van der Waals surface area (Å²) in [5.74, 6) is -1.43. The number of hydrogen-bond acceptors (Lipinski definition) is 3. The maximum Gasteiger partial charge on any atom is 0.260 e. The fourth-order valence-corrected chi connectivity index (χ4v) is 2.18. The van der Waals surface area contributed by atoms with Crippen molar-refractivity contribution >= 4 is 34.8 Å². The number of nitrogens with zero attached hydrogens (tertiary/aromatic N) is 1. The average molecular weight is 345 g/mol. The van der Waals surface area contributed by atoms with Crippen molar-refractivity contribution in [1.82, 2.24) is 10.2 Å². The van der Waals surface area contributed by atoms with E-state index in [0.29, 0.717) is 11.3 Å². The van der Waals surface area contributed by atoms with E-state index in [9.17, 15) is 14.0 Å². The van der Waals surface area contributed by atoms with Gasteiger partial charge in [0.05, 0.1) is 5.56 Å². The summed E-state index contributed by atoms with van der Waals surface area (Å²) < 4.78 is 13.6. The molecule has 2 N–H and O–H groups in total. The summed E-state index contributed by atoms with van der Waals surface area (Å²) in [6.45, 7) is 0. The Kier molecular flexibility index (Phi) is 5.59. The number of nitrogens with one attached hydrogen (secondary N) is 2. The van der Waals surface area contributed by atoms with Crippen LogP contribution in [0.25, 0.3) is 0 Å². The standard InChI is InChI=1S/C17H16FN3O2S/c1-21(2)16(23)11-6-5-7-12(10-11)19-17(24)20-15(22)13-8-3-4-9-14(13)18/h3-10H,1-2H3,(H2,19,20,22,24). The van der Waals surface area contributed by atoms with E-state index in [1.807, 2.05) is 0 Å². The van der Waals surface area contributed by atoms with E-state index in [-0.39, 0.29) is 16.6 Å². The topological polar surface area (TPSA) is 61.4 Å². The van der Waals surface area contributed by atoms with Gasteiger partial charge in [-0.3, -0.25) is 14.9 Å². The first-order chi connectivity index (χ1) is 11.4. The molecule has 0 aliphatic heterocycles. The van der Waals surface area contributed by atoms with Crippen LogP contribution in [0.2, 0.25) is 0 Å². The molecule has 0 fully saturated rings. The van der Waals surface area contributed by atoms with Gasteiger partial charge in [0.15, 0.2) is 5.11 Å². The summed E-state index contributed by atoms with van der Waals surface area (Å²) >= 11 is 5.06. The number of carbonyl (C=O) groups excluding carboxylic acids is 2. The van der Waals surface area contributed by atoms with Crippen molar-refractivity contribution in [2.24, 2.45) is 0 Å². The number of anilines is 1. The SMILES string of the molecule is CN(C)C(=O)c1cccc(NC(=S)NC(=O)c2ccccc2F)c1. The molecule has 5 nitrogen and oxygen atoms in total. The molecular formula is C17H16FN3O2S. The molecule has 2 rings (SSSR count). The maximum atomic E-state index is 13.6. The van der Waals surface area contributed by atoms with Gasteiger partial charge in [-0.2, -0.15) is 0 Å². The first kappa shape index (κ1) is 17.6. The Morgan fingerprint density at radius 3 is 2.46 bits per heavy atom. The van der Waals surface area contributed by atoms with Gasteiger partial charge in [-0.25, -0.2) is 4.39 Å². The number of thiocarbonyl (C=S) groups is 1. The number of benzene rings is 2. The molecule has 2 aromatic rings. The van der Waals surface area contributed by atoms with Crippen LogP contribution < -0.4 is 10.6 Å². The summed E-state index contributed by atoms with van der Waals surface area (Å²) in [7, 11) is 3.31. The second-order valence-electron chi connectivity index (χ2n) is 5.17. The summed E-state index contributed by atoms with van der Waals surface area (Å²) in [5, 5.41) is 5.22. The van der Waals surface area contributed by atoms with E-state index >= 15 is 0 Å². The summed E-state index contributed by atoms with van der Waals surface area (Å²) in [5.41, 5.74) is 0.924. The molecule has 0 bridgehead atoms. The molecule has 7 heteroatoms. The third-order valence-electron chi connectivity index (χ3n) is 3.12. The lowest BCUT2D eigenvalue weighted by molar-refractivity contribution is 0.0827. The highest BCUT2D eigenvalue weighted by Gasteiger charge is 2.13. The zero-order chi connectivity index (χ0) is 17.7. The van der Waals surface area contributed by atoms with Gasteiger partial charge in [0, 0.05) is 25.3 Å². The quantitative estimate of drug-likeness (QED) is 0.840. The summed E-state index contributed by atoms with van der Waals surface area (Å²) in [6, 6.07) is 12.3. The highest BCUT2D eigenvalue weighted by atomic mass is 32.1. The maximum absolute atomic E-state index is 13.6. The molecule has 0 heterocycles. The molecular weight excluding hydrogens is 329 g/mol. The molecule has 2 amide bonds. The number of halogens is 1. The summed E-state index contributed by atoms with van der Waals surface area (Å²) in [6.07, 6.45) is 0. The molecule has 0 atom stereocenters.